The zero-order valence-corrected chi connectivity index (χ0v) is 26.6. The normalized spacial score (nSPS) is 19.0. The van der Waals surface area contributed by atoms with Crippen LogP contribution in [0.5, 0.6) is 17.2 Å². The molecule has 1 unspecified atom stereocenters. The predicted molar refractivity (Wildman–Crippen MR) is 171 cm³/mol. The molecule has 14 nitrogen and oxygen atoms in total. The lowest BCUT2D eigenvalue weighted by molar-refractivity contribution is -0.116. The maximum absolute atomic E-state index is 14.9. The monoisotopic (exact) mass is 666 g/mol. The Balaban J connectivity index is 1.30. The first-order valence-electron chi connectivity index (χ1n) is 15.1. The van der Waals surface area contributed by atoms with Gasteiger partial charge in [0.25, 0.3) is 11.5 Å². The van der Waals surface area contributed by atoms with Crippen molar-refractivity contribution in [3.8, 4) is 28.4 Å². The fraction of sp³-hybridized carbons (Fsp3) is 0.387. The molecule has 0 radical (unpaired) electrons. The fourth-order valence-corrected chi connectivity index (χ4v) is 6.80. The molecule has 246 valence electrons. The summed E-state index contributed by atoms with van der Waals surface area (Å²) in [5.41, 5.74) is 5.80. The number of pyridine rings is 1. The van der Waals surface area contributed by atoms with Gasteiger partial charge >= 0.3 is 0 Å². The van der Waals surface area contributed by atoms with Crippen LogP contribution >= 0.6 is 11.6 Å². The van der Waals surface area contributed by atoms with Crippen LogP contribution < -0.4 is 31.0 Å². The van der Waals surface area contributed by atoms with Crippen molar-refractivity contribution in [2.45, 2.75) is 39.4 Å². The number of hydrogen-bond donors (Lipinski definition) is 3. The van der Waals surface area contributed by atoms with Crippen LogP contribution in [0.1, 0.15) is 30.0 Å². The molecule has 1 saturated heterocycles. The van der Waals surface area contributed by atoms with E-state index in [9.17, 15) is 23.9 Å². The van der Waals surface area contributed by atoms with E-state index in [1.54, 1.807) is 16.8 Å². The number of phenols is 1. The third kappa shape index (κ3) is 5.19. The minimum atomic E-state index is -0.915. The van der Waals surface area contributed by atoms with Crippen LogP contribution in [0.3, 0.4) is 0 Å². The molecule has 3 aromatic heterocycles. The number of fused-ring (bicyclic) bond motifs is 3. The first kappa shape index (κ1) is 30.7. The third-order valence-electron chi connectivity index (χ3n) is 8.87. The lowest BCUT2D eigenvalue weighted by Crippen LogP contribution is -2.50. The summed E-state index contributed by atoms with van der Waals surface area (Å²) in [4.78, 5) is 52.7. The van der Waals surface area contributed by atoms with Gasteiger partial charge in [-0.1, -0.05) is 18.5 Å². The Bertz CT molecular complexity index is 2050. The summed E-state index contributed by atoms with van der Waals surface area (Å²) in [6.45, 7) is 6.05. The molecule has 7 rings (SSSR count). The Morgan fingerprint density at radius 1 is 1.15 bits per heavy atom. The topological polar surface area (TPSA) is 170 Å². The van der Waals surface area contributed by atoms with Gasteiger partial charge in [-0.25, -0.2) is 9.97 Å². The number of nitrogens with zero attached hydrogens (tertiary/aromatic N) is 6. The molecule has 2 atom stereocenters. The first-order valence-corrected chi connectivity index (χ1v) is 15.5. The zero-order chi connectivity index (χ0) is 33.3. The van der Waals surface area contributed by atoms with Gasteiger partial charge in [-0.15, -0.1) is 0 Å². The first-order chi connectivity index (χ1) is 22.4. The van der Waals surface area contributed by atoms with Crippen LogP contribution in [0, 0.1) is 11.9 Å². The summed E-state index contributed by atoms with van der Waals surface area (Å²) in [7, 11) is 2.01. The SMILES string of the molecule is CC1Cc2nc3c(c(-c4cc(C(N)=O)c(O)c5c4OCO5)cn3CC(=O)Nc3cc(N4CCN(C)C[C@@H]4C)nc(F)c3Cl)c(=O)n2C1. The zero-order valence-electron chi connectivity index (χ0n) is 25.8. The van der Waals surface area contributed by atoms with Crippen molar-refractivity contribution in [2.75, 3.05) is 43.7 Å². The highest BCUT2D eigenvalue weighted by Gasteiger charge is 2.32. The van der Waals surface area contributed by atoms with Crippen LogP contribution in [-0.2, 0) is 24.3 Å². The molecule has 6 heterocycles. The number of rotatable bonds is 6. The molecule has 47 heavy (non-hydrogen) atoms. The summed E-state index contributed by atoms with van der Waals surface area (Å²) < 4.78 is 29.1. The van der Waals surface area contributed by atoms with E-state index in [1.807, 2.05) is 25.8 Å². The Morgan fingerprint density at radius 2 is 1.91 bits per heavy atom. The number of piperazine rings is 1. The summed E-state index contributed by atoms with van der Waals surface area (Å²) in [6.07, 6.45) is 2.11. The van der Waals surface area contributed by atoms with E-state index in [4.69, 9.17) is 31.8 Å². The number of ether oxygens (including phenoxy) is 2. The molecular weight excluding hydrogens is 635 g/mol. The summed E-state index contributed by atoms with van der Waals surface area (Å²) >= 11 is 6.27. The lowest BCUT2D eigenvalue weighted by Gasteiger charge is -2.39. The molecule has 16 heteroatoms. The second-order valence-corrected chi connectivity index (χ2v) is 12.7. The number of carbonyl (C=O) groups is 2. The highest BCUT2D eigenvalue weighted by Crippen LogP contribution is 2.50. The summed E-state index contributed by atoms with van der Waals surface area (Å²) in [5, 5.41) is 13.2. The number of primary amides is 1. The number of likely N-dealkylation sites (N-methyl/N-ethyl adjacent to an activating group) is 1. The molecule has 3 aliphatic rings. The molecule has 3 aliphatic heterocycles. The van der Waals surface area contributed by atoms with Crippen molar-refractivity contribution >= 4 is 46.0 Å². The maximum Gasteiger partial charge on any atom is 0.263 e. The molecular formula is C31H32ClFN8O6. The maximum atomic E-state index is 14.9. The minimum Gasteiger partial charge on any atom is -0.504 e. The number of aromatic hydroxyl groups is 1. The van der Waals surface area contributed by atoms with Crippen molar-refractivity contribution < 1.29 is 28.6 Å². The molecule has 0 saturated carbocycles. The van der Waals surface area contributed by atoms with Gasteiger partial charge in [-0.2, -0.15) is 4.39 Å². The number of nitrogens with one attached hydrogen (secondary N) is 1. The van der Waals surface area contributed by atoms with Gasteiger partial charge in [0.05, 0.1) is 16.6 Å². The molecule has 4 N–H and O–H groups in total. The Hall–Kier alpha value is -4.89. The quantitative estimate of drug-likeness (QED) is 0.260. The minimum absolute atomic E-state index is 0.0514. The van der Waals surface area contributed by atoms with Gasteiger partial charge in [-0.05, 0) is 26.0 Å². The number of amides is 2. The van der Waals surface area contributed by atoms with Crippen molar-refractivity contribution in [2.24, 2.45) is 11.7 Å². The largest absolute Gasteiger partial charge is 0.504 e. The third-order valence-corrected chi connectivity index (χ3v) is 9.23. The number of halogens is 2. The molecule has 0 bridgehead atoms. The van der Waals surface area contributed by atoms with E-state index < -0.39 is 23.5 Å². The van der Waals surface area contributed by atoms with Crippen LogP contribution in [0.15, 0.2) is 23.1 Å². The van der Waals surface area contributed by atoms with E-state index in [0.29, 0.717) is 36.7 Å². The predicted octanol–water partition coefficient (Wildman–Crippen LogP) is 2.56. The summed E-state index contributed by atoms with van der Waals surface area (Å²) in [6, 6.07) is 2.92. The Kier molecular flexibility index (Phi) is 7.47. The average Bonchev–Trinajstić information content (AvgIpc) is 3.73. The molecule has 1 aromatic carbocycles. The smallest absolute Gasteiger partial charge is 0.263 e. The highest BCUT2D eigenvalue weighted by atomic mass is 35.5. The van der Waals surface area contributed by atoms with Gasteiger partial charge in [0.15, 0.2) is 11.5 Å². The van der Waals surface area contributed by atoms with Crippen LogP contribution in [-0.4, -0.2) is 80.4 Å². The van der Waals surface area contributed by atoms with Crippen molar-refractivity contribution in [1.82, 2.24) is 24.0 Å². The second-order valence-electron chi connectivity index (χ2n) is 12.4. The molecule has 4 aromatic rings. The molecule has 0 aliphatic carbocycles. The van der Waals surface area contributed by atoms with Gasteiger partial charge in [0.1, 0.15) is 28.9 Å². The molecule has 1 fully saturated rings. The Labute approximate surface area is 272 Å². The Morgan fingerprint density at radius 3 is 2.66 bits per heavy atom. The molecule has 2 amide bonds. The second kappa shape index (κ2) is 11.4. The lowest BCUT2D eigenvalue weighted by atomic mass is 10.00. The van der Waals surface area contributed by atoms with Gasteiger partial charge in [-0.3, -0.25) is 19.0 Å². The van der Waals surface area contributed by atoms with Crippen molar-refractivity contribution in [3.63, 3.8) is 0 Å². The van der Waals surface area contributed by atoms with Gasteiger partial charge in [0.2, 0.25) is 24.4 Å². The van der Waals surface area contributed by atoms with E-state index in [-0.39, 0.29) is 75.2 Å². The number of aromatic nitrogens is 4. The number of benzene rings is 1. The number of hydrogen-bond acceptors (Lipinski definition) is 10. The standard InChI is InChI=1S/C31H32ClFN8O6/c1-14-6-20-37-30-23(31(45)41(20)9-14)18(16-7-17(29(34)44)25(43)27-26(16)46-13-47-27)11-39(30)12-22(42)35-19-8-21(36-28(33)24(19)32)40-5-4-38(3)10-15(40)2/h7-8,11,14-15,43H,4-6,9-10,12-13H2,1-3H3,(H2,34,44)(H,35,36,42)/t14?,15-/m0/s1. The number of nitrogens with two attached hydrogens (primary N) is 1. The molecule has 0 spiro atoms. The van der Waals surface area contributed by atoms with Crippen molar-refractivity contribution in [1.29, 1.82) is 0 Å². The van der Waals surface area contributed by atoms with E-state index in [2.05, 4.69) is 15.2 Å². The van der Waals surface area contributed by atoms with E-state index in [0.717, 1.165) is 13.1 Å². The summed E-state index contributed by atoms with van der Waals surface area (Å²) in [5.74, 6) is -1.76. The van der Waals surface area contributed by atoms with Crippen LogP contribution in [0.2, 0.25) is 5.02 Å². The van der Waals surface area contributed by atoms with E-state index >= 15 is 0 Å². The highest BCUT2D eigenvalue weighted by molar-refractivity contribution is 6.33. The van der Waals surface area contributed by atoms with Gasteiger partial charge < -0.3 is 40.0 Å². The number of anilines is 2. The van der Waals surface area contributed by atoms with Crippen LogP contribution in [0.25, 0.3) is 22.2 Å². The van der Waals surface area contributed by atoms with Crippen LogP contribution in [0.4, 0.5) is 15.9 Å². The van der Waals surface area contributed by atoms with E-state index in [1.165, 1.54) is 10.6 Å². The van der Waals surface area contributed by atoms with Gasteiger partial charge in [0, 0.05) is 62.0 Å². The van der Waals surface area contributed by atoms with Crippen molar-refractivity contribution in [3.05, 3.63) is 51.0 Å². The number of carbonyl (C=O) groups excluding carboxylic acids is 2. The average molecular weight is 667 g/mol. The fourth-order valence-electron chi connectivity index (χ4n) is 6.66.